The molecule has 192 valence electrons. The number of hydrogen-bond donors (Lipinski definition) is 0. The van der Waals surface area contributed by atoms with Crippen LogP contribution in [0, 0.1) is 18.2 Å². The summed E-state index contributed by atoms with van der Waals surface area (Å²) in [5, 5.41) is 1.64. The number of thiazole rings is 1. The Morgan fingerprint density at radius 2 is 1.95 bits per heavy atom. The molecule has 0 spiro atoms. The standard InChI is InChI=1S/C25H19F4N3O4S/c1-3-22-30-20(14-37-22)23(33)32(17-10-18(35-2)12-19(11-17)36-25(27,28)29)21-8-9-31(24(21)34)13-15-4-6-16(26)7-5-15/h1,4-7,10-12,14,21H,8-9,13H2,2H3. The van der Waals surface area contributed by atoms with Crippen molar-refractivity contribution < 1.29 is 36.6 Å². The van der Waals surface area contributed by atoms with Gasteiger partial charge in [-0.25, -0.2) is 9.37 Å². The number of ether oxygens (including phenoxy) is 2. The summed E-state index contributed by atoms with van der Waals surface area (Å²) >= 11 is 1.04. The molecule has 3 aromatic rings. The molecule has 1 atom stereocenters. The first-order chi connectivity index (χ1) is 17.6. The lowest BCUT2D eigenvalue weighted by atomic mass is 10.1. The molecule has 0 radical (unpaired) electrons. The van der Waals surface area contributed by atoms with Crippen LogP contribution in [0.2, 0.25) is 0 Å². The van der Waals surface area contributed by atoms with Gasteiger partial charge in [-0.2, -0.15) is 0 Å². The maximum Gasteiger partial charge on any atom is 0.573 e. The molecular weight excluding hydrogens is 514 g/mol. The van der Waals surface area contributed by atoms with Gasteiger partial charge in [0, 0.05) is 36.7 Å². The first kappa shape index (κ1) is 26.0. The molecule has 1 unspecified atom stereocenters. The molecule has 1 fully saturated rings. The molecule has 2 amide bonds. The fourth-order valence-electron chi connectivity index (χ4n) is 3.94. The summed E-state index contributed by atoms with van der Waals surface area (Å²) in [4.78, 5) is 33.7. The Morgan fingerprint density at radius 1 is 1.24 bits per heavy atom. The third kappa shape index (κ3) is 6.00. The molecule has 37 heavy (non-hydrogen) atoms. The molecule has 1 aliphatic heterocycles. The molecular formula is C25H19F4N3O4S. The first-order valence-corrected chi connectivity index (χ1v) is 11.7. The zero-order valence-corrected chi connectivity index (χ0v) is 20.1. The molecule has 1 aliphatic rings. The van der Waals surface area contributed by atoms with Crippen molar-refractivity contribution in [3.8, 4) is 23.8 Å². The van der Waals surface area contributed by atoms with Crippen molar-refractivity contribution in [1.29, 1.82) is 0 Å². The number of halogens is 4. The molecule has 1 aromatic heterocycles. The van der Waals surface area contributed by atoms with Crippen LogP contribution in [-0.2, 0) is 11.3 Å². The predicted molar refractivity (Wildman–Crippen MR) is 127 cm³/mol. The molecule has 0 aliphatic carbocycles. The summed E-state index contributed by atoms with van der Waals surface area (Å²) in [6.07, 6.45) is 0.550. The topological polar surface area (TPSA) is 72.0 Å². The van der Waals surface area contributed by atoms with Gasteiger partial charge in [-0.3, -0.25) is 14.5 Å². The zero-order valence-electron chi connectivity index (χ0n) is 19.3. The van der Waals surface area contributed by atoms with E-state index in [-0.39, 0.29) is 41.6 Å². The van der Waals surface area contributed by atoms with E-state index in [2.05, 4.69) is 15.6 Å². The second-order valence-corrected chi connectivity index (χ2v) is 8.82. The minimum absolute atomic E-state index is 0.0224. The summed E-state index contributed by atoms with van der Waals surface area (Å²) < 4.78 is 61.3. The number of methoxy groups -OCH3 is 1. The molecule has 2 heterocycles. The van der Waals surface area contributed by atoms with E-state index in [4.69, 9.17) is 11.2 Å². The highest BCUT2D eigenvalue weighted by Gasteiger charge is 2.41. The fourth-order valence-corrected chi connectivity index (χ4v) is 4.53. The maximum absolute atomic E-state index is 13.6. The number of nitrogens with zero attached hydrogens (tertiary/aromatic N) is 3. The highest BCUT2D eigenvalue weighted by Crippen LogP contribution is 2.35. The van der Waals surface area contributed by atoms with Crippen molar-refractivity contribution in [2.45, 2.75) is 25.4 Å². The predicted octanol–water partition coefficient (Wildman–Crippen LogP) is 4.62. The van der Waals surface area contributed by atoms with Crippen molar-refractivity contribution in [1.82, 2.24) is 9.88 Å². The first-order valence-electron chi connectivity index (χ1n) is 10.8. The highest BCUT2D eigenvalue weighted by molar-refractivity contribution is 7.10. The highest BCUT2D eigenvalue weighted by atomic mass is 32.1. The van der Waals surface area contributed by atoms with Crippen LogP contribution in [0.4, 0.5) is 23.2 Å². The van der Waals surface area contributed by atoms with Crippen LogP contribution in [0.15, 0.2) is 47.8 Å². The van der Waals surface area contributed by atoms with Crippen molar-refractivity contribution in [3.63, 3.8) is 0 Å². The number of terminal acetylenes is 1. The molecule has 0 N–H and O–H groups in total. The van der Waals surface area contributed by atoms with Gasteiger partial charge >= 0.3 is 6.36 Å². The van der Waals surface area contributed by atoms with E-state index in [1.807, 2.05) is 0 Å². The Hall–Kier alpha value is -4.11. The number of benzene rings is 2. The number of alkyl halides is 3. The fraction of sp³-hybridized carbons (Fsp3) is 0.240. The number of anilines is 1. The van der Waals surface area contributed by atoms with E-state index in [0.29, 0.717) is 5.56 Å². The van der Waals surface area contributed by atoms with Gasteiger partial charge in [0.05, 0.1) is 12.8 Å². The molecule has 12 heteroatoms. The van der Waals surface area contributed by atoms with E-state index in [9.17, 15) is 27.2 Å². The summed E-state index contributed by atoms with van der Waals surface area (Å²) in [5.41, 5.74) is 0.554. The van der Waals surface area contributed by atoms with E-state index in [0.717, 1.165) is 28.4 Å². The van der Waals surface area contributed by atoms with Gasteiger partial charge in [0.25, 0.3) is 5.91 Å². The summed E-state index contributed by atoms with van der Waals surface area (Å²) in [7, 11) is 1.24. The van der Waals surface area contributed by atoms with Crippen molar-refractivity contribution >= 4 is 28.8 Å². The zero-order chi connectivity index (χ0) is 26.7. The lowest BCUT2D eigenvalue weighted by Gasteiger charge is -2.28. The van der Waals surface area contributed by atoms with Gasteiger partial charge in [0.2, 0.25) is 5.91 Å². The Kier molecular flexibility index (Phi) is 7.35. The third-order valence-corrected chi connectivity index (χ3v) is 6.32. The van der Waals surface area contributed by atoms with Crippen LogP contribution in [0.5, 0.6) is 11.5 Å². The summed E-state index contributed by atoms with van der Waals surface area (Å²) in [6.45, 7) is 0.420. The average Bonchev–Trinajstić information content (AvgIpc) is 3.47. The van der Waals surface area contributed by atoms with Crippen molar-refractivity contribution in [3.05, 3.63) is 69.9 Å². The number of aromatic nitrogens is 1. The van der Waals surface area contributed by atoms with Gasteiger partial charge in [-0.1, -0.05) is 12.1 Å². The Morgan fingerprint density at radius 3 is 2.57 bits per heavy atom. The summed E-state index contributed by atoms with van der Waals surface area (Å²) in [5.74, 6) is 0.0792. The Labute approximate surface area is 213 Å². The number of likely N-dealkylation sites (tertiary alicyclic amines) is 1. The van der Waals surface area contributed by atoms with Crippen LogP contribution >= 0.6 is 11.3 Å². The number of hydrogen-bond acceptors (Lipinski definition) is 6. The van der Waals surface area contributed by atoms with E-state index < -0.39 is 35.8 Å². The maximum atomic E-state index is 13.6. The van der Waals surface area contributed by atoms with Crippen LogP contribution in [-0.4, -0.2) is 47.8 Å². The number of carbonyl (C=O) groups excluding carboxylic acids is 2. The quantitative estimate of drug-likeness (QED) is 0.328. The van der Waals surface area contributed by atoms with Gasteiger partial charge in [0.15, 0.2) is 5.01 Å². The van der Waals surface area contributed by atoms with Crippen LogP contribution in [0.1, 0.15) is 27.5 Å². The van der Waals surface area contributed by atoms with Crippen LogP contribution in [0.25, 0.3) is 0 Å². The number of amides is 2. The Bertz CT molecular complexity index is 1350. The van der Waals surface area contributed by atoms with E-state index in [1.54, 1.807) is 0 Å². The SMILES string of the molecule is C#Cc1nc(C(=O)N(c2cc(OC)cc(OC(F)(F)F)c2)C2CCN(Cc3ccc(F)cc3)C2=O)cs1. The lowest BCUT2D eigenvalue weighted by molar-refractivity contribution is -0.274. The molecule has 4 rings (SSSR count). The van der Waals surface area contributed by atoms with Crippen LogP contribution in [0.3, 0.4) is 0 Å². The van der Waals surface area contributed by atoms with Gasteiger partial charge in [-0.05, 0) is 30.0 Å². The largest absolute Gasteiger partial charge is 0.573 e. The smallest absolute Gasteiger partial charge is 0.497 e. The molecule has 7 nitrogen and oxygen atoms in total. The van der Waals surface area contributed by atoms with Crippen molar-refractivity contribution in [2.24, 2.45) is 0 Å². The average molecular weight is 534 g/mol. The van der Waals surface area contributed by atoms with Gasteiger partial charge in [0.1, 0.15) is 29.1 Å². The van der Waals surface area contributed by atoms with Gasteiger partial charge in [-0.15, -0.1) is 30.9 Å². The second kappa shape index (κ2) is 10.5. The molecule has 2 aromatic carbocycles. The lowest BCUT2D eigenvalue weighted by Crippen LogP contribution is -2.45. The molecule has 0 bridgehead atoms. The van der Waals surface area contributed by atoms with Crippen molar-refractivity contribution in [2.75, 3.05) is 18.6 Å². The van der Waals surface area contributed by atoms with Crippen LogP contribution < -0.4 is 14.4 Å². The Balaban J connectivity index is 1.72. The van der Waals surface area contributed by atoms with E-state index >= 15 is 0 Å². The summed E-state index contributed by atoms with van der Waals surface area (Å²) in [6, 6.07) is 7.89. The second-order valence-electron chi connectivity index (χ2n) is 7.96. The van der Waals surface area contributed by atoms with Gasteiger partial charge < -0.3 is 14.4 Å². The number of rotatable bonds is 7. The third-order valence-electron chi connectivity index (χ3n) is 5.55. The molecule has 1 saturated heterocycles. The normalized spacial score (nSPS) is 15.4. The minimum Gasteiger partial charge on any atom is -0.497 e. The molecule has 0 saturated carbocycles. The van der Waals surface area contributed by atoms with E-state index in [1.165, 1.54) is 47.7 Å². The monoisotopic (exact) mass is 533 g/mol. The minimum atomic E-state index is -5.00. The number of carbonyl (C=O) groups is 2.